The van der Waals surface area contributed by atoms with Crippen LogP contribution < -0.4 is 0 Å². The van der Waals surface area contributed by atoms with Crippen molar-refractivity contribution in [1.82, 2.24) is 14.4 Å². The van der Waals surface area contributed by atoms with Crippen LogP contribution in [-0.4, -0.2) is 14.4 Å². The summed E-state index contributed by atoms with van der Waals surface area (Å²) in [4.78, 5) is 8.84. The van der Waals surface area contributed by atoms with Crippen molar-refractivity contribution in [3.05, 3.63) is 151 Å². The monoisotopic (exact) mass is 838 g/mol. The average molecular weight is 838 g/mol. The molecule has 251 valence electrons. The van der Waals surface area contributed by atoms with Crippen LogP contribution in [0, 0.1) is 12.1 Å². The first-order chi connectivity index (χ1) is 24.5. The molecule has 0 bridgehead atoms. The summed E-state index contributed by atoms with van der Waals surface area (Å²) in [5.74, 6) is 0.786. The first-order valence-corrected chi connectivity index (χ1v) is 17.3. The van der Waals surface area contributed by atoms with Crippen molar-refractivity contribution in [3.8, 4) is 22.5 Å². The zero-order chi connectivity index (χ0) is 33.9. The molecule has 0 fully saturated rings. The molecule has 5 aromatic carbocycles. The van der Waals surface area contributed by atoms with E-state index in [1.807, 2.05) is 66.9 Å². The van der Waals surface area contributed by atoms with Crippen molar-refractivity contribution < 1.29 is 24.5 Å². The number of pyridine rings is 2. The Morgan fingerprint density at radius 2 is 1.33 bits per heavy atom. The average Bonchev–Trinajstić information content (AvgIpc) is 3.82. The van der Waals surface area contributed by atoms with Gasteiger partial charge < -0.3 is 18.8 Å². The number of rotatable bonds is 4. The molecule has 4 nitrogen and oxygen atoms in total. The van der Waals surface area contributed by atoms with Gasteiger partial charge in [-0.15, -0.1) is 59.7 Å². The second-order valence-electron chi connectivity index (χ2n) is 13.6. The molecular formula is C46H35IrN3O-2. The maximum atomic E-state index is 6.56. The normalized spacial score (nSPS) is 11.7. The minimum absolute atomic E-state index is 0. The Labute approximate surface area is 310 Å². The molecule has 0 aliphatic rings. The van der Waals surface area contributed by atoms with E-state index in [9.17, 15) is 0 Å². The van der Waals surface area contributed by atoms with Gasteiger partial charge in [0.05, 0.1) is 10.9 Å². The van der Waals surface area contributed by atoms with E-state index in [0.29, 0.717) is 11.8 Å². The van der Waals surface area contributed by atoms with Gasteiger partial charge in [0.2, 0.25) is 0 Å². The molecule has 0 N–H and O–H groups in total. The minimum atomic E-state index is 0. The summed E-state index contributed by atoms with van der Waals surface area (Å²) in [6.45, 7) is 9.26. The Kier molecular flexibility index (Phi) is 8.42. The van der Waals surface area contributed by atoms with Gasteiger partial charge in [-0.05, 0) is 81.7 Å². The van der Waals surface area contributed by atoms with Crippen LogP contribution in [0.5, 0.6) is 0 Å². The third-order valence-electron chi connectivity index (χ3n) is 9.86. The molecule has 5 heterocycles. The van der Waals surface area contributed by atoms with Gasteiger partial charge in [0.1, 0.15) is 11.2 Å². The molecule has 5 aromatic heterocycles. The molecule has 1 radical (unpaired) electrons. The molecule has 0 saturated heterocycles. The van der Waals surface area contributed by atoms with Gasteiger partial charge in [-0.3, -0.25) is 0 Å². The summed E-state index contributed by atoms with van der Waals surface area (Å²) in [6, 6.07) is 46.2. The van der Waals surface area contributed by atoms with Crippen molar-refractivity contribution in [2.75, 3.05) is 0 Å². The Morgan fingerprint density at radius 1 is 0.608 bits per heavy atom. The van der Waals surface area contributed by atoms with Crippen LogP contribution in [0.3, 0.4) is 0 Å². The summed E-state index contributed by atoms with van der Waals surface area (Å²) >= 11 is 0. The van der Waals surface area contributed by atoms with Crippen LogP contribution in [0.25, 0.3) is 82.5 Å². The Bertz CT molecular complexity index is 2760. The van der Waals surface area contributed by atoms with E-state index in [0.717, 1.165) is 33.7 Å². The summed E-state index contributed by atoms with van der Waals surface area (Å²) in [6.07, 6.45) is 3.64. The molecule has 10 aromatic rings. The van der Waals surface area contributed by atoms with Gasteiger partial charge in [-0.25, -0.2) is 0 Å². The topological polar surface area (TPSA) is 43.3 Å². The number of hydrogen-bond acceptors (Lipinski definition) is 3. The number of benzene rings is 5. The number of furan rings is 1. The van der Waals surface area contributed by atoms with E-state index in [1.54, 1.807) is 6.20 Å². The third kappa shape index (κ3) is 5.31. The predicted molar refractivity (Wildman–Crippen MR) is 207 cm³/mol. The van der Waals surface area contributed by atoms with E-state index >= 15 is 0 Å². The fraction of sp³-hybridized carbons (Fsp3) is 0.130. The predicted octanol–water partition coefficient (Wildman–Crippen LogP) is 12.4. The maximum Gasteiger partial charge on any atom is 0.145 e. The second kappa shape index (κ2) is 13.1. The van der Waals surface area contributed by atoms with Crippen LogP contribution in [0.4, 0.5) is 0 Å². The molecule has 10 rings (SSSR count). The van der Waals surface area contributed by atoms with Gasteiger partial charge in [0.15, 0.2) is 0 Å². The number of para-hydroxylation sites is 1. The summed E-state index contributed by atoms with van der Waals surface area (Å²) in [7, 11) is 0. The molecule has 0 aliphatic carbocycles. The largest absolute Gasteiger partial charge is 0.455 e. The number of nitrogens with zero attached hydrogens (tertiary/aromatic N) is 3. The van der Waals surface area contributed by atoms with Gasteiger partial charge in [-0.1, -0.05) is 75.5 Å². The first kappa shape index (κ1) is 32.8. The quantitative estimate of drug-likeness (QED) is 0.166. The van der Waals surface area contributed by atoms with Crippen molar-refractivity contribution in [1.29, 1.82) is 0 Å². The molecule has 0 aliphatic heterocycles. The molecule has 0 unspecified atom stereocenters. The van der Waals surface area contributed by atoms with E-state index in [1.165, 1.54) is 60.0 Å². The molecule has 51 heavy (non-hydrogen) atoms. The zero-order valence-electron chi connectivity index (χ0n) is 28.9. The standard InChI is InChI=1S/C35H27N2O.C11H8N.Ir/c1-19(2)24-18-26-32-29(15-13-23-22-9-5-6-11-30(22)38-35(23)32)37-28-14-12-21(27-10-7-8-16-36-27)17-25(28)33(34(26)37)31(24)20(3)4;1-2-6-10(7-3-1)11-8-4-5-9-12-11;/h5-11,13-20H,1-4H3;1-6,8-9H;/q2*-1;. The van der Waals surface area contributed by atoms with Crippen molar-refractivity contribution in [2.24, 2.45) is 0 Å². The van der Waals surface area contributed by atoms with Gasteiger partial charge in [-0.2, -0.15) is 0 Å². The van der Waals surface area contributed by atoms with Gasteiger partial charge >= 0.3 is 0 Å². The Morgan fingerprint density at radius 3 is 2.02 bits per heavy atom. The van der Waals surface area contributed by atoms with E-state index in [-0.39, 0.29) is 20.1 Å². The fourth-order valence-electron chi connectivity index (χ4n) is 7.71. The summed E-state index contributed by atoms with van der Waals surface area (Å²) < 4.78 is 9.01. The van der Waals surface area contributed by atoms with Gasteiger partial charge in [0, 0.05) is 54.2 Å². The summed E-state index contributed by atoms with van der Waals surface area (Å²) in [5, 5.41) is 7.42. The van der Waals surface area contributed by atoms with E-state index in [4.69, 9.17) is 4.42 Å². The van der Waals surface area contributed by atoms with Gasteiger partial charge in [0.25, 0.3) is 0 Å². The molecular weight excluding hydrogens is 803 g/mol. The van der Waals surface area contributed by atoms with E-state index < -0.39 is 0 Å². The van der Waals surface area contributed by atoms with Crippen LogP contribution in [0.1, 0.15) is 50.7 Å². The molecule has 0 atom stereocenters. The summed E-state index contributed by atoms with van der Waals surface area (Å²) in [5.41, 5.74) is 12.4. The van der Waals surface area contributed by atoms with Crippen molar-refractivity contribution in [3.63, 3.8) is 0 Å². The first-order valence-electron chi connectivity index (χ1n) is 17.3. The van der Waals surface area contributed by atoms with Crippen LogP contribution in [-0.2, 0) is 20.1 Å². The minimum Gasteiger partial charge on any atom is -0.455 e. The SMILES string of the molecule is CC(C)c1cc2c3c4oc5ccccc5c4ccc3n3c4c[c-]c(-c5ccccn5)cc4c(c1C(C)C)c23.[Ir].[c-]1ccccc1-c1ccccn1. The molecule has 0 spiro atoms. The van der Waals surface area contributed by atoms with Crippen LogP contribution in [0.2, 0.25) is 0 Å². The van der Waals surface area contributed by atoms with Crippen LogP contribution >= 0.6 is 0 Å². The van der Waals surface area contributed by atoms with Crippen LogP contribution in [0.15, 0.2) is 132 Å². The Balaban J connectivity index is 0.000000245. The third-order valence-corrected chi connectivity index (χ3v) is 9.86. The molecule has 0 amide bonds. The van der Waals surface area contributed by atoms with Crippen molar-refractivity contribution >= 4 is 60.0 Å². The maximum absolute atomic E-state index is 6.56. The van der Waals surface area contributed by atoms with Crippen molar-refractivity contribution in [2.45, 2.75) is 39.5 Å². The molecule has 5 heteroatoms. The second-order valence-corrected chi connectivity index (χ2v) is 13.6. The number of hydrogen-bond donors (Lipinski definition) is 0. The number of fused-ring (bicyclic) bond motifs is 10. The fourth-order valence-corrected chi connectivity index (χ4v) is 7.71. The smallest absolute Gasteiger partial charge is 0.145 e. The molecule has 0 saturated carbocycles. The number of aromatic nitrogens is 3. The van der Waals surface area contributed by atoms with E-state index in [2.05, 4.69) is 109 Å². The zero-order valence-corrected chi connectivity index (χ0v) is 31.3. The Hall–Kier alpha value is -5.35.